The van der Waals surface area contributed by atoms with Gasteiger partial charge in [0, 0.05) is 18.6 Å². The Morgan fingerprint density at radius 1 is 1.50 bits per heavy atom. The van der Waals surface area contributed by atoms with Crippen LogP contribution in [-0.2, 0) is 0 Å². The molecule has 1 aliphatic heterocycles. The van der Waals surface area contributed by atoms with Crippen molar-refractivity contribution in [3.05, 3.63) is 0 Å². The molecule has 0 radical (unpaired) electrons. The molecular weight excluding hydrogens is 176 g/mol. The number of aliphatic hydroxyl groups is 1. The van der Waals surface area contributed by atoms with Crippen LogP contribution >= 0.6 is 0 Å². The Bertz CT molecular complexity index is 190. The first kappa shape index (κ1) is 12.0. The van der Waals surface area contributed by atoms with Crippen molar-refractivity contribution in [3.8, 4) is 0 Å². The van der Waals surface area contributed by atoms with Gasteiger partial charge in [0.1, 0.15) is 0 Å². The molecular formula is C11H24N2O. The van der Waals surface area contributed by atoms with E-state index in [1.165, 1.54) is 12.8 Å². The molecule has 1 aliphatic rings. The fraction of sp³-hybridized carbons (Fsp3) is 1.00. The number of hydrogen-bond donors (Lipinski definition) is 2. The molecule has 0 bridgehead atoms. The maximum absolute atomic E-state index is 9.80. The average molecular weight is 200 g/mol. The fourth-order valence-electron chi connectivity index (χ4n) is 2.06. The lowest BCUT2D eigenvalue weighted by Crippen LogP contribution is -2.43. The summed E-state index contributed by atoms with van der Waals surface area (Å²) in [7, 11) is 0. The fourth-order valence-corrected chi connectivity index (χ4v) is 2.06. The van der Waals surface area contributed by atoms with Gasteiger partial charge in [0.25, 0.3) is 0 Å². The predicted molar refractivity (Wildman–Crippen MR) is 59.2 cm³/mol. The zero-order valence-electron chi connectivity index (χ0n) is 9.71. The molecule has 84 valence electrons. The van der Waals surface area contributed by atoms with Crippen molar-refractivity contribution < 1.29 is 5.11 Å². The molecule has 0 aliphatic carbocycles. The number of nitrogens with zero attached hydrogens (tertiary/aromatic N) is 1. The number of rotatable bonds is 4. The van der Waals surface area contributed by atoms with Crippen LogP contribution in [0.4, 0.5) is 0 Å². The number of hydrogen-bond acceptors (Lipinski definition) is 3. The summed E-state index contributed by atoms with van der Waals surface area (Å²) in [5.41, 5.74) is 5.10. The van der Waals surface area contributed by atoms with Crippen LogP contribution in [0.1, 0.15) is 40.0 Å². The van der Waals surface area contributed by atoms with E-state index < -0.39 is 5.60 Å². The van der Waals surface area contributed by atoms with Crippen molar-refractivity contribution in [2.24, 2.45) is 5.73 Å². The number of likely N-dealkylation sites (tertiary alicyclic amines) is 1. The molecule has 3 heteroatoms. The molecule has 1 rings (SSSR count). The van der Waals surface area contributed by atoms with E-state index in [9.17, 15) is 5.11 Å². The summed E-state index contributed by atoms with van der Waals surface area (Å²) in [6, 6.07) is 0. The maximum atomic E-state index is 9.80. The molecule has 0 amide bonds. The lowest BCUT2D eigenvalue weighted by Gasteiger charge is -2.33. The first-order valence-electron chi connectivity index (χ1n) is 5.55. The third-order valence-corrected chi connectivity index (χ3v) is 3.43. The summed E-state index contributed by atoms with van der Waals surface area (Å²) in [5.74, 6) is 0. The van der Waals surface area contributed by atoms with E-state index in [2.05, 4.69) is 18.7 Å². The van der Waals surface area contributed by atoms with Crippen LogP contribution in [-0.4, -0.2) is 40.8 Å². The third kappa shape index (κ3) is 2.94. The van der Waals surface area contributed by atoms with Gasteiger partial charge in [0.15, 0.2) is 0 Å². The van der Waals surface area contributed by atoms with Gasteiger partial charge in [0.2, 0.25) is 0 Å². The van der Waals surface area contributed by atoms with Crippen LogP contribution in [0.5, 0.6) is 0 Å². The summed E-state index contributed by atoms with van der Waals surface area (Å²) < 4.78 is 0. The summed E-state index contributed by atoms with van der Waals surface area (Å²) >= 11 is 0. The van der Waals surface area contributed by atoms with E-state index in [1.54, 1.807) is 0 Å². The summed E-state index contributed by atoms with van der Waals surface area (Å²) in [6.07, 6.45) is 3.31. The highest BCUT2D eigenvalue weighted by Gasteiger charge is 2.32. The van der Waals surface area contributed by atoms with E-state index in [4.69, 9.17) is 5.73 Å². The summed E-state index contributed by atoms with van der Waals surface area (Å²) in [4.78, 5) is 2.46. The average Bonchev–Trinajstić information content (AvgIpc) is 2.42. The van der Waals surface area contributed by atoms with Crippen molar-refractivity contribution in [1.29, 1.82) is 0 Å². The summed E-state index contributed by atoms with van der Waals surface area (Å²) in [6.45, 7) is 8.83. The molecule has 0 saturated carbocycles. The van der Waals surface area contributed by atoms with Crippen molar-refractivity contribution >= 4 is 0 Å². The van der Waals surface area contributed by atoms with Crippen LogP contribution in [0.25, 0.3) is 0 Å². The second-order valence-electron chi connectivity index (χ2n) is 5.35. The van der Waals surface area contributed by atoms with E-state index in [-0.39, 0.29) is 0 Å². The predicted octanol–water partition coefficient (Wildman–Crippen LogP) is 0.961. The van der Waals surface area contributed by atoms with Gasteiger partial charge in [-0.25, -0.2) is 0 Å². The number of nitrogens with two attached hydrogens (primary N) is 1. The van der Waals surface area contributed by atoms with Gasteiger partial charge in [-0.3, -0.25) is 4.90 Å². The largest absolute Gasteiger partial charge is 0.389 e. The van der Waals surface area contributed by atoms with E-state index >= 15 is 0 Å². The molecule has 1 heterocycles. The van der Waals surface area contributed by atoms with Gasteiger partial charge >= 0.3 is 0 Å². The van der Waals surface area contributed by atoms with Gasteiger partial charge in [-0.1, -0.05) is 0 Å². The Labute approximate surface area is 87.3 Å². The van der Waals surface area contributed by atoms with Crippen molar-refractivity contribution in [3.63, 3.8) is 0 Å². The SMILES string of the molecule is CC(O)(CN)CCN1CCCC1(C)C. The smallest absolute Gasteiger partial charge is 0.0753 e. The van der Waals surface area contributed by atoms with Gasteiger partial charge in [0.05, 0.1) is 5.60 Å². The Hall–Kier alpha value is -0.120. The molecule has 3 nitrogen and oxygen atoms in total. The molecule has 14 heavy (non-hydrogen) atoms. The van der Waals surface area contributed by atoms with E-state index in [1.807, 2.05) is 6.92 Å². The van der Waals surface area contributed by atoms with E-state index in [0.717, 1.165) is 19.5 Å². The standard InChI is InChI=1S/C11H24N2O/c1-10(2)5-4-7-13(10)8-6-11(3,14)9-12/h14H,4-9,12H2,1-3H3. The van der Waals surface area contributed by atoms with Crippen LogP contribution in [0.15, 0.2) is 0 Å². The molecule has 0 spiro atoms. The van der Waals surface area contributed by atoms with Gasteiger partial charge in [-0.05, 0) is 46.6 Å². The molecule has 0 aromatic carbocycles. The quantitative estimate of drug-likeness (QED) is 0.710. The van der Waals surface area contributed by atoms with Gasteiger partial charge in [-0.2, -0.15) is 0 Å². The minimum absolute atomic E-state index is 0.310. The Morgan fingerprint density at radius 3 is 2.57 bits per heavy atom. The van der Waals surface area contributed by atoms with Gasteiger partial charge < -0.3 is 10.8 Å². The first-order valence-corrected chi connectivity index (χ1v) is 5.55. The van der Waals surface area contributed by atoms with E-state index in [0.29, 0.717) is 12.1 Å². The van der Waals surface area contributed by atoms with Crippen LogP contribution in [0.3, 0.4) is 0 Å². The second kappa shape index (κ2) is 4.17. The molecule has 1 saturated heterocycles. The Balaban J connectivity index is 2.38. The maximum Gasteiger partial charge on any atom is 0.0753 e. The highest BCUT2D eigenvalue weighted by Crippen LogP contribution is 2.28. The van der Waals surface area contributed by atoms with Crippen molar-refractivity contribution in [2.75, 3.05) is 19.6 Å². The van der Waals surface area contributed by atoms with Crippen LogP contribution in [0, 0.1) is 0 Å². The van der Waals surface area contributed by atoms with Gasteiger partial charge in [-0.15, -0.1) is 0 Å². The molecule has 0 aromatic heterocycles. The second-order valence-corrected chi connectivity index (χ2v) is 5.35. The van der Waals surface area contributed by atoms with Crippen molar-refractivity contribution in [2.45, 2.75) is 51.2 Å². The zero-order chi connectivity index (χ0) is 10.8. The lowest BCUT2D eigenvalue weighted by molar-refractivity contribution is 0.0391. The first-order chi connectivity index (χ1) is 6.37. The molecule has 1 unspecified atom stereocenters. The Morgan fingerprint density at radius 2 is 2.14 bits per heavy atom. The lowest BCUT2D eigenvalue weighted by atomic mass is 9.99. The minimum Gasteiger partial charge on any atom is -0.389 e. The molecule has 1 fully saturated rings. The zero-order valence-corrected chi connectivity index (χ0v) is 9.71. The minimum atomic E-state index is -0.696. The summed E-state index contributed by atoms with van der Waals surface area (Å²) in [5, 5.41) is 9.80. The Kier molecular flexibility index (Phi) is 3.56. The molecule has 0 aromatic rings. The molecule has 1 atom stereocenters. The topological polar surface area (TPSA) is 49.5 Å². The molecule has 3 N–H and O–H groups in total. The van der Waals surface area contributed by atoms with Crippen LogP contribution < -0.4 is 5.73 Å². The highest BCUT2D eigenvalue weighted by atomic mass is 16.3. The van der Waals surface area contributed by atoms with Crippen molar-refractivity contribution in [1.82, 2.24) is 4.90 Å². The van der Waals surface area contributed by atoms with Crippen LogP contribution in [0.2, 0.25) is 0 Å². The third-order valence-electron chi connectivity index (χ3n) is 3.43. The normalized spacial score (nSPS) is 26.4. The highest BCUT2D eigenvalue weighted by molar-refractivity contribution is 4.89. The monoisotopic (exact) mass is 200 g/mol.